The summed E-state index contributed by atoms with van der Waals surface area (Å²) in [4.78, 5) is 13.5. The molecule has 40 heavy (non-hydrogen) atoms. The highest BCUT2D eigenvalue weighted by atomic mass is 32.2. The normalized spacial score (nSPS) is 12.5. The molecule has 0 aliphatic carbocycles. The number of aromatic amines is 1. The van der Waals surface area contributed by atoms with Gasteiger partial charge in [0.15, 0.2) is 21.4 Å². The largest absolute Gasteiger partial charge is 0.481 e. The van der Waals surface area contributed by atoms with Crippen LogP contribution in [0, 0.1) is 11.6 Å². The van der Waals surface area contributed by atoms with Crippen molar-refractivity contribution in [3.8, 4) is 17.2 Å². The number of hydrogen-bond donors (Lipinski definition) is 2. The molecule has 0 fully saturated rings. The summed E-state index contributed by atoms with van der Waals surface area (Å²) < 4.78 is 62.6. The highest BCUT2D eigenvalue weighted by molar-refractivity contribution is 7.91. The SMILES string of the molecule is CC(c1ccn(-c2cccc(Oc3c(F)cc4[nH]ccc4c3S(C)(=O)=O)c2)n1)c1cccc(CCC(=O)O)c1F. The maximum atomic E-state index is 15.2. The van der Waals surface area contributed by atoms with Gasteiger partial charge in [0.2, 0.25) is 0 Å². The minimum atomic E-state index is -3.84. The summed E-state index contributed by atoms with van der Waals surface area (Å²) in [7, 11) is -3.84. The number of aryl methyl sites for hydroxylation is 1. The van der Waals surface area contributed by atoms with Crippen molar-refractivity contribution in [1.82, 2.24) is 14.8 Å². The Labute approximate surface area is 228 Å². The summed E-state index contributed by atoms with van der Waals surface area (Å²) in [5.41, 5.74) is 2.18. The van der Waals surface area contributed by atoms with E-state index in [4.69, 9.17) is 9.84 Å². The first-order valence-electron chi connectivity index (χ1n) is 12.4. The number of aliphatic carboxylic acids is 1. The van der Waals surface area contributed by atoms with Crippen molar-refractivity contribution in [2.24, 2.45) is 0 Å². The zero-order chi connectivity index (χ0) is 28.6. The molecule has 8 nitrogen and oxygen atoms in total. The minimum absolute atomic E-state index is 0.0849. The molecule has 1 atom stereocenters. The van der Waals surface area contributed by atoms with Crippen LogP contribution in [0.2, 0.25) is 0 Å². The predicted octanol–water partition coefficient (Wildman–Crippen LogP) is 6.00. The van der Waals surface area contributed by atoms with Crippen molar-refractivity contribution in [2.75, 3.05) is 6.26 Å². The number of carbonyl (C=O) groups is 1. The average molecular weight is 566 g/mol. The standard InChI is InChI=1S/C29H25F2N3O5S/c1-17(21-8-3-5-18(27(21)31)9-10-26(35)36)24-12-14-34(33-24)19-6-4-7-20(15-19)39-28-23(30)16-25-22(11-13-32-25)29(28)40(2,37)38/h3-8,11-17,32H,9-10H2,1-2H3,(H,35,36). The fourth-order valence-corrected chi connectivity index (χ4v) is 5.69. The predicted molar refractivity (Wildman–Crippen MR) is 145 cm³/mol. The molecule has 0 bridgehead atoms. The monoisotopic (exact) mass is 565 g/mol. The van der Waals surface area contributed by atoms with Crippen molar-refractivity contribution in [3.05, 3.63) is 102 Å². The van der Waals surface area contributed by atoms with Gasteiger partial charge >= 0.3 is 5.97 Å². The molecule has 0 spiro atoms. The van der Waals surface area contributed by atoms with Gasteiger partial charge in [-0.1, -0.05) is 31.2 Å². The van der Waals surface area contributed by atoms with Gasteiger partial charge in [-0.2, -0.15) is 5.10 Å². The Kier molecular flexibility index (Phi) is 7.16. The topological polar surface area (TPSA) is 114 Å². The number of halogens is 2. The molecule has 0 saturated heterocycles. The van der Waals surface area contributed by atoms with E-state index in [1.807, 2.05) is 0 Å². The highest BCUT2D eigenvalue weighted by Gasteiger charge is 2.24. The number of fused-ring (bicyclic) bond motifs is 1. The van der Waals surface area contributed by atoms with Gasteiger partial charge in [0, 0.05) is 54.0 Å². The second-order valence-electron chi connectivity index (χ2n) is 9.45. The summed E-state index contributed by atoms with van der Waals surface area (Å²) in [5.74, 6) is -2.92. The van der Waals surface area contributed by atoms with Crippen molar-refractivity contribution < 1.29 is 31.8 Å². The third kappa shape index (κ3) is 5.32. The summed E-state index contributed by atoms with van der Waals surface area (Å²) in [5, 5.41) is 13.8. The summed E-state index contributed by atoms with van der Waals surface area (Å²) in [6.45, 7) is 1.80. The van der Waals surface area contributed by atoms with Gasteiger partial charge in [0.05, 0.1) is 11.4 Å². The second kappa shape index (κ2) is 10.6. The van der Waals surface area contributed by atoms with Crippen LogP contribution in [-0.4, -0.2) is 40.5 Å². The molecule has 0 radical (unpaired) electrons. The summed E-state index contributed by atoms with van der Waals surface area (Å²) in [6.07, 6.45) is 4.12. The Morgan fingerprint density at radius 3 is 2.65 bits per heavy atom. The average Bonchev–Trinajstić information content (AvgIpc) is 3.57. The van der Waals surface area contributed by atoms with Crippen LogP contribution in [-0.2, 0) is 21.1 Å². The first-order valence-corrected chi connectivity index (χ1v) is 14.2. The van der Waals surface area contributed by atoms with E-state index < -0.39 is 39.1 Å². The van der Waals surface area contributed by atoms with Gasteiger partial charge in [-0.05, 0) is 41.8 Å². The fourth-order valence-electron chi connectivity index (χ4n) is 4.63. The van der Waals surface area contributed by atoms with Gasteiger partial charge in [-0.3, -0.25) is 4.79 Å². The quantitative estimate of drug-likeness (QED) is 0.227. The van der Waals surface area contributed by atoms with Gasteiger partial charge in [0.1, 0.15) is 16.5 Å². The lowest BCUT2D eigenvalue weighted by Crippen LogP contribution is -2.06. The Hall–Kier alpha value is -4.51. The molecule has 0 aliphatic rings. The molecule has 206 valence electrons. The molecule has 2 heterocycles. The van der Waals surface area contributed by atoms with Crippen molar-refractivity contribution in [2.45, 2.75) is 30.6 Å². The number of H-pyrrole nitrogens is 1. The lowest BCUT2D eigenvalue weighted by atomic mass is 9.94. The molecule has 5 rings (SSSR count). The lowest BCUT2D eigenvalue weighted by Gasteiger charge is -2.14. The van der Waals surface area contributed by atoms with Crippen LogP contribution in [0.5, 0.6) is 11.5 Å². The zero-order valence-electron chi connectivity index (χ0n) is 21.6. The van der Waals surface area contributed by atoms with Crippen LogP contribution in [0.3, 0.4) is 0 Å². The number of ether oxygens (including phenoxy) is 1. The maximum Gasteiger partial charge on any atom is 0.303 e. The highest BCUT2D eigenvalue weighted by Crippen LogP contribution is 2.38. The molecule has 2 N–H and O–H groups in total. The minimum Gasteiger partial charge on any atom is -0.481 e. The third-order valence-corrected chi connectivity index (χ3v) is 7.77. The van der Waals surface area contributed by atoms with Crippen LogP contribution >= 0.6 is 0 Å². The molecule has 0 amide bonds. The number of rotatable bonds is 9. The molecule has 0 saturated carbocycles. The molecule has 1 unspecified atom stereocenters. The van der Waals surface area contributed by atoms with Crippen molar-refractivity contribution in [3.63, 3.8) is 0 Å². The number of carboxylic acids is 1. The fraction of sp³-hybridized carbons (Fsp3) is 0.172. The van der Waals surface area contributed by atoms with Crippen LogP contribution < -0.4 is 4.74 Å². The van der Waals surface area contributed by atoms with E-state index in [0.717, 1.165) is 6.26 Å². The van der Waals surface area contributed by atoms with Gasteiger partial charge in [-0.25, -0.2) is 21.9 Å². The Balaban J connectivity index is 1.44. The third-order valence-electron chi connectivity index (χ3n) is 6.63. The van der Waals surface area contributed by atoms with E-state index in [-0.39, 0.29) is 23.5 Å². The number of carboxylic acid groups (broad SMARTS) is 1. The lowest BCUT2D eigenvalue weighted by molar-refractivity contribution is -0.136. The Morgan fingerprint density at radius 1 is 1.12 bits per heavy atom. The summed E-state index contributed by atoms with van der Waals surface area (Å²) >= 11 is 0. The van der Waals surface area contributed by atoms with Crippen LogP contribution in [0.4, 0.5) is 8.78 Å². The molecular formula is C29H25F2N3O5S. The molecular weight excluding hydrogens is 540 g/mol. The van der Waals surface area contributed by atoms with E-state index in [0.29, 0.717) is 33.4 Å². The first-order chi connectivity index (χ1) is 19.0. The van der Waals surface area contributed by atoms with Crippen LogP contribution in [0.1, 0.15) is 36.1 Å². The number of benzene rings is 3. The van der Waals surface area contributed by atoms with Crippen molar-refractivity contribution >= 4 is 26.7 Å². The molecule has 3 aromatic carbocycles. The van der Waals surface area contributed by atoms with E-state index >= 15 is 8.78 Å². The van der Waals surface area contributed by atoms with E-state index in [1.54, 1.807) is 72.4 Å². The van der Waals surface area contributed by atoms with Gasteiger partial charge in [0.25, 0.3) is 0 Å². The Morgan fingerprint density at radius 2 is 1.90 bits per heavy atom. The van der Waals surface area contributed by atoms with E-state index in [1.165, 1.54) is 12.3 Å². The van der Waals surface area contributed by atoms with E-state index in [2.05, 4.69) is 10.1 Å². The zero-order valence-corrected chi connectivity index (χ0v) is 22.4. The number of nitrogens with zero attached hydrogens (tertiary/aromatic N) is 2. The Bertz CT molecular complexity index is 1850. The van der Waals surface area contributed by atoms with Crippen LogP contribution in [0.25, 0.3) is 16.6 Å². The number of sulfone groups is 1. The summed E-state index contributed by atoms with van der Waals surface area (Å²) in [6, 6.07) is 15.9. The molecule has 5 aromatic rings. The first kappa shape index (κ1) is 27.1. The number of nitrogens with one attached hydrogen (secondary N) is 1. The van der Waals surface area contributed by atoms with Gasteiger partial charge < -0.3 is 14.8 Å². The van der Waals surface area contributed by atoms with Crippen molar-refractivity contribution in [1.29, 1.82) is 0 Å². The van der Waals surface area contributed by atoms with Crippen LogP contribution in [0.15, 0.2) is 78.0 Å². The molecule has 11 heteroatoms. The smallest absolute Gasteiger partial charge is 0.303 e. The van der Waals surface area contributed by atoms with Gasteiger partial charge in [-0.15, -0.1) is 0 Å². The molecule has 2 aromatic heterocycles. The van der Waals surface area contributed by atoms with E-state index in [9.17, 15) is 13.2 Å². The maximum absolute atomic E-state index is 15.2. The molecule has 0 aliphatic heterocycles. The second-order valence-corrected chi connectivity index (χ2v) is 11.4. The number of hydrogen-bond acceptors (Lipinski definition) is 5. The number of aromatic nitrogens is 3.